The van der Waals surface area contributed by atoms with Gasteiger partial charge < -0.3 is 14.6 Å². The lowest BCUT2D eigenvalue weighted by Gasteiger charge is -2.28. The molecule has 8 nitrogen and oxygen atoms in total. The van der Waals surface area contributed by atoms with Crippen LogP contribution in [0.2, 0.25) is 0 Å². The molecule has 1 N–H and O–H groups in total. The van der Waals surface area contributed by atoms with Crippen molar-refractivity contribution in [1.29, 1.82) is 0 Å². The monoisotopic (exact) mass is 456 g/mol. The summed E-state index contributed by atoms with van der Waals surface area (Å²) in [7, 11) is -2.37. The number of ether oxygens (including phenoxy) is 1. The van der Waals surface area contributed by atoms with Crippen LogP contribution in [-0.2, 0) is 19.6 Å². The van der Waals surface area contributed by atoms with Gasteiger partial charge in [-0.3, -0.25) is 9.10 Å². The highest BCUT2D eigenvalue weighted by molar-refractivity contribution is 7.93. The summed E-state index contributed by atoms with van der Waals surface area (Å²) in [6.07, 6.45) is 3.54. The molecule has 0 atom stereocenters. The van der Waals surface area contributed by atoms with Crippen molar-refractivity contribution < 1.29 is 17.9 Å². The molecular formula is C23H28N4O4S. The van der Waals surface area contributed by atoms with E-state index in [1.54, 1.807) is 64.5 Å². The van der Waals surface area contributed by atoms with Crippen molar-refractivity contribution in [2.24, 2.45) is 0 Å². The van der Waals surface area contributed by atoms with Crippen LogP contribution in [0.5, 0.6) is 0 Å². The topological polar surface area (TPSA) is 93.5 Å². The smallest absolute Gasteiger partial charge is 0.326 e. The molecule has 0 saturated carbocycles. The highest BCUT2D eigenvalue weighted by Crippen LogP contribution is 2.35. The van der Waals surface area contributed by atoms with Gasteiger partial charge in [0.1, 0.15) is 6.54 Å². The maximum atomic E-state index is 13.8. The van der Waals surface area contributed by atoms with Crippen LogP contribution in [0.1, 0.15) is 23.7 Å². The molecule has 0 spiro atoms. The quantitative estimate of drug-likeness (QED) is 0.521. The molecule has 1 aromatic heterocycles. The fraction of sp³-hybridized carbons (Fsp3) is 0.304. The lowest BCUT2D eigenvalue weighted by molar-refractivity contribution is -0.141. The van der Waals surface area contributed by atoms with E-state index in [0.29, 0.717) is 22.5 Å². The molecule has 32 heavy (non-hydrogen) atoms. The molecule has 3 aromatic rings. The summed E-state index contributed by atoms with van der Waals surface area (Å²) < 4.78 is 35.7. The molecule has 0 unspecified atom stereocenters. The Morgan fingerprint density at radius 1 is 1.16 bits per heavy atom. The van der Waals surface area contributed by atoms with Crippen LogP contribution >= 0.6 is 0 Å². The van der Waals surface area contributed by atoms with Crippen LogP contribution in [0.4, 0.5) is 11.4 Å². The van der Waals surface area contributed by atoms with E-state index in [-0.39, 0.29) is 11.5 Å². The maximum absolute atomic E-state index is 13.8. The van der Waals surface area contributed by atoms with E-state index in [2.05, 4.69) is 10.3 Å². The van der Waals surface area contributed by atoms with E-state index in [1.807, 2.05) is 23.8 Å². The van der Waals surface area contributed by atoms with E-state index >= 15 is 0 Å². The predicted octanol–water partition coefficient (Wildman–Crippen LogP) is 3.60. The Morgan fingerprint density at radius 2 is 1.91 bits per heavy atom. The first-order chi connectivity index (χ1) is 15.2. The average Bonchev–Trinajstić information content (AvgIpc) is 3.18. The molecule has 0 aliphatic rings. The Hall–Kier alpha value is -3.33. The molecule has 3 rings (SSSR count). The van der Waals surface area contributed by atoms with Crippen LogP contribution in [0.15, 0.2) is 53.8 Å². The lowest BCUT2D eigenvalue weighted by atomic mass is 10.1. The summed E-state index contributed by atoms with van der Waals surface area (Å²) in [6.45, 7) is 6.84. The number of hydrogen-bond acceptors (Lipinski definition) is 6. The molecule has 0 radical (unpaired) electrons. The molecule has 170 valence electrons. The minimum absolute atomic E-state index is 0.118. The van der Waals surface area contributed by atoms with Crippen LogP contribution < -0.4 is 9.62 Å². The van der Waals surface area contributed by atoms with Gasteiger partial charge in [-0.15, -0.1) is 0 Å². The summed E-state index contributed by atoms with van der Waals surface area (Å²) in [5.74, 6) is -0.621. The largest absolute Gasteiger partial charge is 0.465 e. The highest BCUT2D eigenvalue weighted by Gasteiger charge is 2.31. The Morgan fingerprint density at radius 3 is 2.50 bits per heavy atom. The Balaban J connectivity index is 2.13. The molecule has 2 aromatic carbocycles. The highest BCUT2D eigenvalue weighted by atomic mass is 32.2. The molecular weight excluding hydrogens is 428 g/mol. The SMILES string of the molecule is CCOC(=O)CN(c1c(C)cccc1NC)S(=O)(=O)c1ccc(-n2cnc(C)c2)cc1C. The van der Waals surface area contributed by atoms with Crippen molar-refractivity contribution in [2.75, 3.05) is 29.8 Å². The minimum Gasteiger partial charge on any atom is -0.465 e. The number of benzene rings is 2. The van der Waals surface area contributed by atoms with Crippen molar-refractivity contribution >= 4 is 27.4 Å². The number of esters is 1. The number of aryl methyl sites for hydroxylation is 3. The van der Waals surface area contributed by atoms with E-state index in [0.717, 1.165) is 15.7 Å². The Labute approximate surface area is 188 Å². The van der Waals surface area contributed by atoms with Crippen LogP contribution in [0.3, 0.4) is 0 Å². The number of sulfonamides is 1. The van der Waals surface area contributed by atoms with E-state index in [9.17, 15) is 13.2 Å². The van der Waals surface area contributed by atoms with Gasteiger partial charge in [0.05, 0.1) is 34.9 Å². The Bertz CT molecular complexity index is 1230. The van der Waals surface area contributed by atoms with Crippen LogP contribution in [0.25, 0.3) is 5.69 Å². The number of rotatable bonds is 8. The second kappa shape index (κ2) is 9.44. The van der Waals surface area contributed by atoms with Crippen LogP contribution in [0, 0.1) is 20.8 Å². The second-order valence-electron chi connectivity index (χ2n) is 7.41. The minimum atomic E-state index is -4.08. The van der Waals surface area contributed by atoms with Crippen molar-refractivity contribution in [2.45, 2.75) is 32.6 Å². The number of imidazole rings is 1. The van der Waals surface area contributed by atoms with Crippen molar-refractivity contribution in [1.82, 2.24) is 9.55 Å². The van der Waals surface area contributed by atoms with Crippen molar-refractivity contribution in [3.05, 3.63) is 65.7 Å². The molecule has 0 aliphatic heterocycles. The molecule has 9 heteroatoms. The zero-order chi connectivity index (χ0) is 23.5. The first-order valence-electron chi connectivity index (χ1n) is 10.3. The number of carbonyl (C=O) groups is 1. The zero-order valence-corrected chi connectivity index (χ0v) is 19.7. The average molecular weight is 457 g/mol. The predicted molar refractivity (Wildman–Crippen MR) is 125 cm³/mol. The fourth-order valence-corrected chi connectivity index (χ4v) is 5.27. The molecule has 0 aliphatic carbocycles. The standard InChI is InChI=1S/C23H28N4O4S/c1-6-31-22(28)14-27(23-16(2)8-7-9-20(23)24-5)32(29,30)21-11-10-19(12-17(21)3)26-13-18(4)25-15-26/h7-13,15,24H,6,14H2,1-5H3. The maximum Gasteiger partial charge on any atom is 0.326 e. The number of aromatic nitrogens is 2. The van der Waals surface area contributed by atoms with E-state index < -0.39 is 22.5 Å². The summed E-state index contributed by atoms with van der Waals surface area (Å²) in [4.78, 5) is 16.7. The summed E-state index contributed by atoms with van der Waals surface area (Å²) >= 11 is 0. The number of anilines is 2. The van der Waals surface area contributed by atoms with E-state index in [4.69, 9.17) is 4.74 Å². The van der Waals surface area contributed by atoms with Crippen molar-refractivity contribution in [3.63, 3.8) is 0 Å². The van der Waals surface area contributed by atoms with Gasteiger partial charge in [0.15, 0.2) is 0 Å². The van der Waals surface area contributed by atoms with Gasteiger partial charge >= 0.3 is 5.97 Å². The summed E-state index contributed by atoms with van der Waals surface area (Å²) in [5, 5.41) is 3.02. The van der Waals surface area contributed by atoms with Gasteiger partial charge in [-0.25, -0.2) is 13.4 Å². The van der Waals surface area contributed by atoms with Crippen LogP contribution in [-0.4, -0.2) is 44.1 Å². The molecule has 1 heterocycles. The first kappa shape index (κ1) is 23.3. The third kappa shape index (κ3) is 4.62. The van der Waals surface area contributed by atoms with Gasteiger partial charge in [0, 0.05) is 18.9 Å². The summed E-state index contributed by atoms with van der Waals surface area (Å²) in [6, 6.07) is 10.5. The number of nitrogens with one attached hydrogen (secondary N) is 1. The molecule has 0 fully saturated rings. The molecule has 0 bridgehead atoms. The molecule has 0 saturated heterocycles. The van der Waals surface area contributed by atoms with E-state index in [1.165, 1.54) is 0 Å². The first-order valence-corrected chi connectivity index (χ1v) is 11.7. The number of carbonyl (C=O) groups excluding carboxylic acids is 1. The van der Waals surface area contributed by atoms with Gasteiger partial charge in [0.2, 0.25) is 0 Å². The van der Waals surface area contributed by atoms with Gasteiger partial charge in [-0.05, 0) is 63.1 Å². The number of nitrogens with zero attached hydrogens (tertiary/aromatic N) is 3. The fourth-order valence-electron chi connectivity index (χ4n) is 3.56. The van der Waals surface area contributed by atoms with Gasteiger partial charge in [-0.1, -0.05) is 12.1 Å². The normalized spacial score (nSPS) is 11.3. The summed E-state index contributed by atoms with van der Waals surface area (Å²) in [5.41, 5.74) is 3.94. The Kier molecular flexibility index (Phi) is 6.88. The second-order valence-corrected chi connectivity index (χ2v) is 9.24. The zero-order valence-electron chi connectivity index (χ0n) is 18.9. The third-order valence-corrected chi connectivity index (χ3v) is 6.98. The van der Waals surface area contributed by atoms with Gasteiger partial charge in [-0.2, -0.15) is 0 Å². The van der Waals surface area contributed by atoms with Crippen molar-refractivity contribution in [3.8, 4) is 5.69 Å². The number of para-hydroxylation sites is 1. The lowest BCUT2D eigenvalue weighted by Crippen LogP contribution is -2.38. The van der Waals surface area contributed by atoms with Gasteiger partial charge in [0.25, 0.3) is 10.0 Å². The molecule has 0 amide bonds. The third-order valence-electron chi connectivity index (χ3n) is 5.07. The number of hydrogen-bond donors (Lipinski definition) is 1.